The van der Waals surface area contributed by atoms with E-state index >= 15 is 0 Å². The standard InChI is InChI=1S/C26H27F3N2O/c1-20(15-16-30-32)31(18-21-9-8-14-24(17-21)26(27,28)29)19-25(22-10-4-2-5-11-22)23-12-6-3-7-13-23/h2-14,17,20,25H,15-16,18-19H2,1H3/t20-/m1/s1. The van der Waals surface area contributed by atoms with Crippen molar-refractivity contribution in [2.24, 2.45) is 5.18 Å². The average molecular weight is 441 g/mol. The van der Waals surface area contributed by atoms with E-state index in [1.807, 2.05) is 43.3 Å². The zero-order valence-corrected chi connectivity index (χ0v) is 18.0. The number of nitrogens with zero attached hydrogens (tertiary/aromatic N) is 2. The fraction of sp³-hybridized carbons (Fsp3) is 0.308. The fourth-order valence-corrected chi connectivity index (χ4v) is 3.91. The molecule has 0 saturated carbocycles. The van der Waals surface area contributed by atoms with Crippen LogP contribution < -0.4 is 0 Å². The molecule has 0 amide bonds. The van der Waals surface area contributed by atoms with Crippen LogP contribution in [0.15, 0.2) is 90.1 Å². The van der Waals surface area contributed by atoms with E-state index in [1.165, 1.54) is 12.1 Å². The highest BCUT2D eigenvalue weighted by Crippen LogP contribution is 2.31. The SMILES string of the molecule is C[C@H](CCN=O)N(Cc1cccc(C(F)(F)F)c1)CC(c1ccccc1)c1ccccc1. The fourth-order valence-electron chi connectivity index (χ4n) is 3.91. The molecule has 1 atom stereocenters. The minimum atomic E-state index is -4.38. The molecular weight excluding hydrogens is 413 g/mol. The first-order valence-electron chi connectivity index (χ1n) is 10.7. The Morgan fingerprint density at radius 2 is 1.47 bits per heavy atom. The maximum absolute atomic E-state index is 13.2. The van der Waals surface area contributed by atoms with Crippen LogP contribution in [0.25, 0.3) is 0 Å². The Morgan fingerprint density at radius 1 is 0.875 bits per heavy atom. The van der Waals surface area contributed by atoms with Crippen LogP contribution in [0.3, 0.4) is 0 Å². The van der Waals surface area contributed by atoms with E-state index in [0.717, 1.165) is 17.2 Å². The molecule has 0 aliphatic carbocycles. The molecule has 0 aliphatic heterocycles. The van der Waals surface area contributed by atoms with E-state index in [-0.39, 0.29) is 18.5 Å². The topological polar surface area (TPSA) is 32.7 Å². The Kier molecular flexibility index (Phi) is 8.17. The highest BCUT2D eigenvalue weighted by molar-refractivity contribution is 5.33. The zero-order valence-electron chi connectivity index (χ0n) is 18.0. The summed E-state index contributed by atoms with van der Waals surface area (Å²) in [4.78, 5) is 12.9. The maximum atomic E-state index is 13.2. The van der Waals surface area contributed by atoms with Crippen LogP contribution in [0.5, 0.6) is 0 Å². The molecule has 3 rings (SSSR count). The summed E-state index contributed by atoms with van der Waals surface area (Å²) in [5.74, 6) is 0.0369. The van der Waals surface area contributed by atoms with E-state index in [9.17, 15) is 18.1 Å². The molecule has 3 aromatic rings. The molecule has 3 aromatic carbocycles. The monoisotopic (exact) mass is 440 g/mol. The van der Waals surface area contributed by atoms with E-state index in [1.54, 1.807) is 6.07 Å². The summed E-state index contributed by atoms with van der Waals surface area (Å²) >= 11 is 0. The normalized spacial score (nSPS) is 12.8. The van der Waals surface area contributed by atoms with Crippen molar-refractivity contribution >= 4 is 0 Å². The molecule has 0 radical (unpaired) electrons. The Bertz CT molecular complexity index is 938. The van der Waals surface area contributed by atoms with Gasteiger partial charge in [-0.25, -0.2) is 0 Å². The molecule has 32 heavy (non-hydrogen) atoms. The van der Waals surface area contributed by atoms with E-state index in [2.05, 4.69) is 34.3 Å². The van der Waals surface area contributed by atoms with Crippen molar-refractivity contribution in [1.29, 1.82) is 0 Å². The highest BCUT2D eigenvalue weighted by atomic mass is 19.4. The van der Waals surface area contributed by atoms with Crippen LogP contribution in [-0.2, 0) is 12.7 Å². The van der Waals surface area contributed by atoms with Gasteiger partial charge >= 0.3 is 6.18 Å². The van der Waals surface area contributed by atoms with Crippen LogP contribution in [0.4, 0.5) is 13.2 Å². The lowest BCUT2D eigenvalue weighted by Gasteiger charge is -2.33. The van der Waals surface area contributed by atoms with Crippen molar-refractivity contribution < 1.29 is 13.2 Å². The predicted octanol–water partition coefficient (Wildman–Crippen LogP) is 6.88. The summed E-state index contributed by atoms with van der Waals surface area (Å²) in [5, 5.41) is 2.98. The molecular formula is C26H27F3N2O. The smallest absolute Gasteiger partial charge is 0.295 e. The summed E-state index contributed by atoms with van der Waals surface area (Å²) < 4.78 is 39.7. The van der Waals surface area contributed by atoms with Gasteiger partial charge in [-0.1, -0.05) is 84.0 Å². The summed E-state index contributed by atoms with van der Waals surface area (Å²) in [6.45, 7) is 3.11. The molecule has 0 aromatic heterocycles. The molecule has 0 bridgehead atoms. The first kappa shape index (κ1) is 23.7. The third-order valence-corrected chi connectivity index (χ3v) is 5.72. The first-order valence-corrected chi connectivity index (χ1v) is 10.7. The molecule has 0 N–H and O–H groups in total. The Hall–Kier alpha value is -2.99. The van der Waals surface area contributed by atoms with Gasteiger partial charge in [0.25, 0.3) is 0 Å². The van der Waals surface area contributed by atoms with E-state index in [4.69, 9.17) is 0 Å². The Labute approximate surface area is 186 Å². The average Bonchev–Trinajstić information content (AvgIpc) is 2.81. The Morgan fingerprint density at radius 3 is 2.00 bits per heavy atom. The quantitative estimate of drug-likeness (QED) is 0.322. The number of hydrogen-bond donors (Lipinski definition) is 0. The van der Waals surface area contributed by atoms with Gasteiger partial charge < -0.3 is 0 Å². The van der Waals surface area contributed by atoms with E-state index < -0.39 is 11.7 Å². The lowest BCUT2D eigenvalue weighted by atomic mass is 9.90. The highest BCUT2D eigenvalue weighted by Gasteiger charge is 2.30. The number of nitroso groups, excluding NO2 is 1. The van der Waals surface area contributed by atoms with Gasteiger partial charge in [0.05, 0.1) is 12.1 Å². The van der Waals surface area contributed by atoms with Gasteiger partial charge in [-0.3, -0.25) is 4.90 Å². The van der Waals surface area contributed by atoms with Gasteiger partial charge in [0.15, 0.2) is 0 Å². The number of hydrogen-bond acceptors (Lipinski definition) is 3. The summed E-state index contributed by atoms with van der Waals surface area (Å²) in [7, 11) is 0. The number of alkyl halides is 3. The van der Waals surface area contributed by atoms with Gasteiger partial charge in [0.2, 0.25) is 0 Å². The Balaban J connectivity index is 1.92. The maximum Gasteiger partial charge on any atom is 0.416 e. The van der Waals surface area contributed by atoms with Crippen molar-refractivity contribution in [3.05, 3.63) is 112 Å². The minimum absolute atomic E-state index is 0.0304. The van der Waals surface area contributed by atoms with Crippen molar-refractivity contribution in [2.75, 3.05) is 13.1 Å². The van der Waals surface area contributed by atoms with Crippen LogP contribution in [0, 0.1) is 4.91 Å². The molecule has 0 spiro atoms. The predicted molar refractivity (Wildman–Crippen MR) is 121 cm³/mol. The van der Waals surface area contributed by atoms with Gasteiger partial charge in [-0.2, -0.15) is 18.1 Å². The van der Waals surface area contributed by atoms with Gasteiger partial charge in [0.1, 0.15) is 0 Å². The molecule has 3 nitrogen and oxygen atoms in total. The molecule has 0 unspecified atom stereocenters. The van der Waals surface area contributed by atoms with Crippen LogP contribution >= 0.6 is 0 Å². The third kappa shape index (κ3) is 6.50. The first-order chi connectivity index (χ1) is 15.4. The molecule has 0 aliphatic rings. The second-order valence-electron chi connectivity index (χ2n) is 7.99. The molecule has 0 heterocycles. The van der Waals surface area contributed by atoms with Gasteiger partial charge in [-0.15, -0.1) is 0 Å². The summed E-state index contributed by atoms with van der Waals surface area (Å²) in [6, 6.07) is 25.6. The van der Waals surface area contributed by atoms with E-state index in [0.29, 0.717) is 25.1 Å². The molecule has 0 fully saturated rings. The van der Waals surface area contributed by atoms with Crippen molar-refractivity contribution in [1.82, 2.24) is 4.90 Å². The zero-order chi connectivity index (χ0) is 23.0. The number of benzene rings is 3. The largest absolute Gasteiger partial charge is 0.416 e. The molecule has 6 heteroatoms. The van der Waals surface area contributed by atoms with Crippen LogP contribution in [0.1, 0.15) is 41.5 Å². The van der Waals surface area contributed by atoms with Crippen LogP contribution in [0.2, 0.25) is 0 Å². The number of rotatable bonds is 10. The van der Waals surface area contributed by atoms with Crippen LogP contribution in [-0.4, -0.2) is 24.0 Å². The molecule has 168 valence electrons. The molecule has 0 saturated heterocycles. The lowest BCUT2D eigenvalue weighted by Crippen LogP contribution is -2.37. The lowest BCUT2D eigenvalue weighted by molar-refractivity contribution is -0.137. The van der Waals surface area contributed by atoms with Crippen molar-refractivity contribution in [2.45, 2.75) is 38.0 Å². The summed E-state index contributed by atoms with van der Waals surface area (Å²) in [5.41, 5.74) is 2.20. The van der Waals surface area contributed by atoms with Gasteiger partial charge in [-0.05, 0) is 36.1 Å². The van der Waals surface area contributed by atoms with Gasteiger partial charge in [0, 0.05) is 25.0 Å². The van der Waals surface area contributed by atoms with Crippen molar-refractivity contribution in [3.8, 4) is 0 Å². The number of halogens is 3. The minimum Gasteiger partial charge on any atom is -0.295 e. The third-order valence-electron chi connectivity index (χ3n) is 5.72. The second-order valence-corrected chi connectivity index (χ2v) is 7.99. The second kappa shape index (κ2) is 11.0. The summed E-state index contributed by atoms with van der Waals surface area (Å²) in [6.07, 6.45) is -3.84. The van der Waals surface area contributed by atoms with Crippen molar-refractivity contribution in [3.63, 3.8) is 0 Å².